The summed E-state index contributed by atoms with van der Waals surface area (Å²) in [4.78, 5) is 21.6. The van der Waals surface area contributed by atoms with Crippen LogP contribution in [0.2, 0.25) is 5.02 Å². The first kappa shape index (κ1) is 19.7. The van der Waals surface area contributed by atoms with Crippen LogP contribution < -0.4 is 16.4 Å². The number of hydrogen-bond donors (Lipinski definition) is 3. The molecule has 0 amide bonds. The van der Waals surface area contributed by atoms with Crippen LogP contribution in [0.5, 0.6) is 0 Å². The third-order valence-corrected chi connectivity index (χ3v) is 5.73. The molecule has 31 heavy (non-hydrogen) atoms. The van der Waals surface area contributed by atoms with Gasteiger partial charge >= 0.3 is 0 Å². The average Bonchev–Trinajstić information content (AvgIpc) is 3.20. The van der Waals surface area contributed by atoms with Crippen molar-refractivity contribution in [3.8, 4) is 11.4 Å². The van der Waals surface area contributed by atoms with Gasteiger partial charge in [-0.1, -0.05) is 11.6 Å². The van der Waals surface area contributed by atoms with E-state index in [2.05, 4.69) is 35.6 Å². The van der Waals surface area contributed by atoms with Gasteiger partial charge in [0.05, 0.1) is 41.2 Å². The van der Waals surface area contributed by atoms with E-state index in [4.69, 9.17) is 17.3 Å². The average molecular weight is 436 g/mol. The molecule has 158 valence electrons. The number of fused-ring (bicyclic) bond motifs is 1. The summed E-state index contributed by atoms with van der Waals surface area (Å²) in [6.45, 7) is 0. The zero-order chi connectivity index (χ0) is 21.2. The molecule has 1 fully saturated rings. The van der Waals surface area contributed by atoms with Crippen LogP contribution in [0.3, 0.4) is 0 Å². The molecule has 10 heteroatoms. The third-order valence-electron chi connectivity index (χ3n) is 5.45. The van der Waals surface area contributed by atoms with E-state index in [0.29, 0.717) is 28.7 Å². The minimum absolute atomic E-state index is 0.298. The smallest absolute Gasteiger partial charge is 0.223 e. The molecule has 4 aromatic heterocycles. The van der Waals surface area contributed by atoms with Crippen molar-refractivity contribution in [1.29, 1.82) is 0 Å². The monoisotopic (exact) mass is 435 g/mol. The first-order valence-corrected chi connectivity index (χ1v) is 10.6. The third kappa shape index (κ3) is 4.28. The highest BCUT2D eigenvalue weighted by Gasteiger charge is 2.20. The van der Waals surface area contributed by atoms with Gasteiger partial charge in [-0.25, -0.2) is 24.9 Å². The maximum atomic E-state index is 6.45. The van der Waals surface area contributed by atoms with Gasteiger partial charge in [0, 0.05) is 30.0 Å². The minimum atomic E-state index is 0.298. The lowest BCUT2D eigenvalue weighted by molar-refractivity contribution is 0.410. The Morgan fingerprint density at radius 3 is 2.61 bits per heavy atom. The molecule has 9 nitrogen and oxygen atoms in total. The topological polar surface area (TPSA) is 119 Å². The van der Waals surface area contributed by atoms with Gasteiger partial charge in [0.25, 0.3) is 0 Å². The van der Waals surface area contributed by atoms with Crippen LogP contribution in [0.15, 0.2) is 49.4 Å². The summed E-state index contributed by atoms with van der Waals surface area (Å²) in [6.07, 6.45) is 14.3. The number of hydrogen-bond acceptors (Lipinski definition) is 8. The van der Waals surface area contributed by atoms with Crippen LogP contribution in [-0.4, -0.2) is 41.4 Å². The summed E-state index contributed by atoms with van der Waals surface area (Å²) in [6, 6.07) is 4.51. The van der Waals surface area contributed by atoms with Crippen molar-refractivity contribution in [2.45, 2.75) is 37.8 Å². The standard InChI is InChI=1S/C21H22ClN9/c22-17-10-27-21(29-14-3-1-13(23)2-4-14)30-20(17)18-11-26-19-7-15(5-6-31(18)19)28-16-8-24-12-25-9-16/h5-14,28H,1-4,23H2,(H,27,29,30)/t13-,14-. The number of nitrogens with two attached hydrogens (primary N) is 1. The highest BCUT2D eigenvalue weighted by molar-refractivity contribution is 6.32. The van der Waals surface area contributed by atoms with E-state index >= 15 is 0 Å². The molecule has 0 unspecified atom stereocenters. The van der Waals surface area contributed by atoms with Gasteiger partial charge < -0.3 is 16.4 Å². The second kappa shape index (κ2) is 8.44. The highest BCUT2D eigenvalue weighted by Crippen LogP contribution is 2.29. The van der Waals surface area contributed by atoms with E-state index in [1.54, 1.807) is 24.8 Å². The molecule has 0 spiro atoms. The zero-order valence-corrected chi connectivity index (χ0v) is 17.5. The lowest BCUT2D eigenvalue weighted by Crippen LogP contribution is -2.33. The van der Waals surface area contributed by atoms with E-state index in [0.717, 1.165) is 48.4 Å². The number of nitrogens with one attached hydrogen (secondary N) is 2. The fourth-order valence-corrected chi connectivity index (χ4v) is 4.01. The van der Waals surface area contributed by atoms with E-state index in [-0.39, 0.29) is 0 Å². The number of imidazole rings is 1. The van der Waals surface area contributed by atoms with Crippen LogP contribution in [-0.2, 0) is 0 Å². The number of aromatic nitrogens is 6. The normalized spacial score (nSPS) is 18.8. The fourth-order valence-electron chi connectivity index (χ4n) is 3.83. The number of anilines is 3. The lowest BCUT2D eigenvalue weighted by Gasteiger charge is -2.26. The molecule has 4 heterocycles. The van der Waals surface area contributed by atoms with Crippen molar-refractivity contribution in [2.24, 2.45) is 5.73 Å². The van der Waals surface area contributed by atoms with E-state index in [1.807, 2.05) is 22.7 Å². The zero-order valence-electron chi connectivity index (χ0n) is 16.7. The van der Waals surface area contributed by atoms with E-state index in [9.17, 15) is 0 Å². The van der Waals surface area contributed by atoms with Crippen LogP contribution in [0.1, 0.15) is 25.7 Å². The molecular weight excluding hydrogens is 414 g/mol. The predicted octanol–water partition coefficient (Wildman–Crippen LogP) is 3.66. The molecule has 0 radical (unpaired) electrons. The maximum Gasteiger partial charge on any atom is 0.223 e. The number of halogens is 1. The molecule has 5 rings (SSSR count). The molecule has 4 aromatic rings. The van der Waals surface area contributed by atoms with Gasteiger partial charge in [0.1, 0.15) is 17.7 Å². The summed E-state index contributed by atoms with van der Waals surface area (Å²) < 4.78 is 1.95. The Hall–Kier alpha value is -3.30. The Morgan fingerprint density at radius 1 is 1.00 bits per heavy atom. The molecule has 0 aliphatic heterocycles. The molecule has 1 aliphatic carbocycles. The SMILES string of the molecule is N[C@H]1CC[C@H](Nc2ncc(Cl)c(-c3cnc4cc(Nc5cncnc5)ccn34)n2)CC1. The quantitative estimate of drug-likeness (QED) is 0.434. The number of nitrogens with zero attached hydrogens (tertiary/aromatic N) is 6. The lowest BCUT2D eigenvalue weighted by atomic mass is 9.92. The van der Waals surface area contributed by atoms with Crippen molar-refractivity contribution < 1.29 is 0 Å². The molecule has 4 N–H and O–H groups in total. The van der Waals surface area contributed by atoms with Gasteiger partial charge in [0.2, 0.25) is 5.95 Å². The minimum Gasteiger partial charge on any atom is -0.353 e. The van der Waals surface area contributed by atoms with Gasteiger partial charge in [-0.3, -0.25) is 4.40 Å². The summed E-state index contributed by atoms with van der Waals surface area (Å²) in [5.74, 6) is 0.567. The second-order valence-corrected chi connectivity index (χ2v) is 8.09. The van der Waals surface area contributed by atoms with Crippen LogP contribution in [0, 0.1) is 0 Å². The predicted molar refractivity (Wildman–Crippen MR) is 120 cm³/mol. The Balaban J connectivity index is 1.41. The molecule has 0 aromatic carbocycles. The molecular formula is C21H22ClN9. The molecule has 1 aliphatic rings. The van der Waals surface area contributed by atoms with Crippen molar-refractivity contribution in [3.63, 3.8) is 0 Å². The van der Waals surface area contributed by atoms with Crippen molar-refractivity contribution >= 4 is 34.6 Å². The first-order valence-electron chi connectivity index (χ1n) is 10.2. The first-order chi connectivity index (χ1) is 15.2. The molecule has 0 saturated heterocycles. The van der Waals surface area contributed by atoms with E-state index < -0.39 is 0 Å². The van der Waals surface area contributed by atoms with Crippen molar-refractivity contribution in [2.75, 3.05) is 10.6 Å². The van der Waals surface area contributed by atoms with Crippen LogP contribution in [0.4, 0.5) is 17.3 Å². The van der Waals surface area contributed by atoms with Gasteiger partial charge in [0.15, 0.2) is 0 Å². The second-order valence-electron chi connectivity index (χ2n) is 7.69. The van der Waals surface area contributed by atoms with Gasteiger partial charge in [-0.2, -0.15) is 0 Å². The molecule has 1 saturated carbocycles. The number of pyridine rings is 1. The van der Waals surface area contributed by atoms with Crippen LogP contribution in [0.25, 0.3) is 17.0 Å². The summed E-state index contributed by atoms with van der Waals surface area (Å²) in [5, 5.41) is 7.17. The summed E-state index contributed by atoms with van der Waals surface area (Å²) in [5.41, 5.74) is 9.89. The van der Waals surface area contributed by atoms with Crippen LogP contribution >= 0.6 is 11.6 Å². The number of rotatable bonds is 5. The fraction of sp³-hybridized carbons (Fsp3) is 0.286. The molecule has 0 atom stereocenters. The summed E-state index contributed by atoms with van der Waals surface area (Å²) in [7, 11) is 0. The van der Waals surface area contributed by atoms with Crippen molar-refractivity contribution in [3.05, 3.63) is 54.5 Å². The Labute approximate surface area is 184 Å². The van der Waals surface area contributed by atoms with Gasteiger partial charge in [-0.15, -0.1) is 0 Å². The molecule has 0 bridgehead atoms. The highest BCUT2D eigenvalue weighted by atomic mass is 35.5. The Kier molecular flexibility index (Phi) is 5.35. The van der Waals surface area contributed by atoms with E-state index in [1.165, 1.54) is 6.33 Å². The van der Waals surface area contributed by atoms with Crippen molar-refractivity contribution in [1.82, 2.24) is 29.3 Å². The maximum absolute atomic E-state index is 6.45. The Morgan fingerprint density at radius 2 is 1.81 bits per heavy atom. The Bertz CT molecular complexity index is 1190. The van der Waals surface area contributed by atoms with Gasteiger partial charge in [-0.05, 0) is 31.7 Å². The largest absolute Gasteiger partial charge is 0.353 e. The summed E-state index contributed by atoms with van der Waals surface area (Å²) >= 11 is 6.45.